The first-order valence-corrected chi connectivity index (χ1v) is 9.39. The standard InChI is InChI=1S/C21H18N2O2S/c1-13(2)25-18-7-6-14(10-15(18)11-22)21-23-12-20(26-21)17-4-3-5-19-16(17)8-9-24-19/h3-7,10,12-13H,8-9H2,1-2H3. The highest BCUT2D eigenvalue weighted by atomic mass is 32.1. The first-order valence-electron chi connectivity index (χ1n) is 8.58. The van der Waals surface area contributed by atoms with Crippen LogP contribution >= 0.6 is 11.3 Å². The van der Waals surface area contributed by atoms with Gasteiger partial charge in [0, 0.05) is 29.3 Å². The molecule has 4 nitrogen and oxygen atoms in total. The fourth-order valence-corrected chi connectivity index (χ4v) is 4.06. The topological polar surface area (TPSA) is 55.1 Å². The molecule has 0 aliphatic carbocycles. The quantitative estimate of drug-likeness (QED) is 0.650. The molecule has 0 atom stereocenters. The number of thiazole rings is 1. The Morgan fingerprint density at radius 2 is 2.15 bits per heavy atom. The van der Waals surface area contributed by atoms with Gasteiger partial charge in [-0.2, -0.15) is 5.26 Å². The normalized spacial score (nSPS) is 12.5. The molecule has 0 saturated carbocycles. The van der Waals surface area contributed by atoms with Crippen molar-refractivity contribution in [3.63, 3.8) is 0 Å². The van der Waals surface area contributed by atoms with Crippen molar-refractivity contribution < 1.29 is 9.47 Å². The zero-order valence-corrected chi connectivity index (χ0v) is 15.5. The van der Waals surface area contributed by atoms with E-state index in [1.165, 1.54) is 11.1 Å². The van der Waals surface area contributed by atoms with E-state index in [0.717, 1.165) is 34.2 Å². The lowest BCUT2D eigenvalue weighted by atomic mass is 10.0. The summed E-state index contributed by atoms with van der Waals surface area (Å²) in [4.78, 5) is 5.70. The third-order valence-corrected chi connectivity index (χ3v) is 5.30. The van der Waals surface area contributed by atoms with Crippen LogP contribution in [0, 0.1) is 11.3 Å². The highest BCUT2D eigenvalue weighted by Gasteiger charge is 2.18. The third kappa shape index (κ3) is 3.04. The molecule has 0 radical (unpaired) electrons. The van der Waals surface area contributed by atoms with Crippen molar-refractivity contribution in [3.05, 3.63) is 53.7 Å². The zero-order chi connectivity index (χ0) is 18.1. The van der Waals surface area contributed by atoms with E-state index in [-0.39, 0.29) is 6.10 Å². The molecular weight excluding hydrogens is 344 g/mol. The Morgan fingerprint density at radius 3 is 2.96 bits per heavy atom. The van der Waals surface area contributed by atoms with Crippen LogP contribution in [0.25, 0.3) is 21.0 Å². The fraction of sp³-hybridized carbons (Fsp3) is 0.238. The molecule has 0 bridgehead atoms. The van der Waals surface area contributed by atoms with E-state index < -0.39 is 0 Å². The molecule has 0 spiro atoms. The number of hydrogen-bond donors (Lipinski definition) is 0. The van der Waals surface area contributed by atoms with E-state index in [1.54, 1.807) is 11.3 Å². The van der Waals surface area contributed by atoms with Gasteiger partial charge in [0.05, 0.1) is 23.2 Å². The molecule has 4 rings (SSSR count). The van der Waals surface area contributed by atoms with Crippen LogP contribution in [-0.4, -0.2) is 17.7 Å². The van der Waals surface area contributed by atoms with Crippen LogP contribution in [0.1, 0.15) is 25.0 Å². The summed E-state index contributed by atoms with van der Waals surface area (Å²) in [6, 6.07) is 14.0. The van der Waals surface area contributed by atoms with E-state index in [4.69, 9.17) is 9.47 Å². The van der Waals surface area contributed by atoms with Crippen molar-refractivity contribution in [2.24, 2.45) is 0 Å². The van der Waals surface area contributed by atoms with Gasteiger partial charge in [-0.1, -0.05) is 12.1 Å². The summed E-state index contributed by atoms with van der Waals surface area (Å²) in [5.74, 6) is 1.58. The Balaban J connectivity index is 1.69. The van der Waals surface area contributed by atoms with Crippen LogP contribution in [-0.2, 0) is 6.42 Å². The monoisotopic (exact) mass is 362 g/mol. The minimum absolute atomic E-state index is 0.0295. The minimum atomic E-state index is 0.0295. The zero-order valence-electron chi connectivity index (χ0n) is 14.7. The molecule has 0 fully saturated rings. The maximum Gasteiger partial charge on any atom is 0.137 e. The minimum Gasteiger partial charge on any atom is -0.493 e. The Hall–Kier alpha value is -2.84. The molecule has 2 heterocycles. The van der Waals surface area contributed by atoms with Crippen molar-refractivity contribution in [2.45, 2.75) is 26.4 Å². The molecule has 5 heteroatoms. The third-order valence-electron chi connectivity index (χ3n) is 4.22. The molecule has 26 heavy (non-hydrogen) atoms. The van der Waals surface area contributed by atoms with E-state index in [2.05, 4.69) is 17.1 Å². The number of nitrogens with zero attached hydrogens (tertiary/aromatic N) is 2. The van der Waals surface area contributed by atoms with Gasteiger partial charge in [0.15, 0.2) is 0 Å². The maximum absolute atomic E-state index is 9.43. The van der Waals surface area contributed by atoms with E-state index >= 15 is 0 Å². The van der Waals surface area contributed by atoms with Gasteiger partial charge in [0.2, 0.25) is 0 Å². The largest absolute Gasteiger partial charge is 0.493 e. The lowest BCUT2D eigenvalue weighted by Crippen LogP contribution is -2.06. The highest BCUT2D eigenvalue weighted by molar-refractivity contribution is 7.18. The maximum atomic E-state index is 9.43. The van der Waals surface area contributed by atoms with Crippen LogP contribution in [0.3, 0.4) is 0 Å². The first-order chi connectivity index (χ1) is 12.7. The summed E-state index contributed by atoms with van der Waals surface area (Å²) in [5.41, 5.74) is 3.89. The van der Waals surface area contributed by atoms with Crippen LogP contribution in [0.2, 0.25) is 0 Å². The summed E-state index contributed by atoms with van der Waals surface area (Å²) in [7, 11) is 0. The van der Waals surface area contributed by atoms with Gasteiger partial charge in [-0.3, -0.25) is 0 Å². The van der Waals surface area contributed by atoms with Crippen molar-refractivity contribution in [3.8, 4) is 38.6 Å². The fourth-order valence-electron chi connectivity index (χ4n) is 3.09. The average Bonchev–Trinajstić information content (AvgIpc) is 3.30. The van der Waals surface area contributed by atoms with Gasteiger partial charge in [-0.25, -0.2) is 4.98 Å². The molecule has 0 N–H and O–H groups in total. The van der Waals surface area contributed by atoms with Crippen molar-refractivity contribution >= 4 is 11.3 Å². The molecule has 130 valence electrons. The van der Waals surface area contributed by atoms with Crippen molar-refractivity contribution in [1.82, 2.24) is 4.98 Å². The Labute approximate surface area is 156 Å². The molecule has 0 saturated heterocycles. The average molecular weight is 362 g/mol. The van der Waals surface area contributed by atoms with Gasteiger partial charge in [-0.15, -0.1) is 11.3 Å². The van der Waals surface area contributed by atoms with Crippen LogP contribution in [0.4, 0.5) is 0 Å². The van der Waals surface area contributed by atoms with Gasteiger partial charge < -0.3 is 9.47 Å². The Kier molecular flexibility index (Phi) is 4.36. The van der Waals surface area contributed by atoms with Crippen LogP contribution in [0.15, 0.2) is 42.6 Å². The van der Waals surface area contributed by atoms with Crippen LogP contribution in [0.5, 0.6) is 11.5 Å². The summed E-state index contributed by atoms with van der Waals surface area (Å²) < 4.78 is 11.4. The van der Waals surface area contributed by atoms with E-state index in [0.29, 0.717) is 11.3 Å². The smallest absolute Gasteiger partial charge is 0.137 e. The second-order valence-corrected chi connectivity index (χ2v) is 7.43. The summed E-state index contributed by atoms with van der Waals surface area (Å²) in [6.07, 6.45) is 2.86. The highest BCUT2D eigenvalue weighted by Crippen LogP contribution is 2.39. The van der Waals surface area contributed by atoms with Gasteiger partial charge >= 0.3 is 0 Å². The predicted octanol–water partition coefficient (Wildman–Crippen LogP) is 5.07. The molecule has 1 aliphatic rings. The molecule has 0 amide bonds. The molecule has 1 aromatic heterocycles. The number of rotatable bonds is 4. The molecule has 0 unspecified atom stereocenters. The van der Waals surface area contributed by atoms with Crippen molar-refractivity contribution in [2.75, 3.05) is 6.61 Å². The van der Waals surface area contributed by atoms with Gasteiger partial charge in [0.1, 0.15) is 22.6 Å². The molecule has 1 aliphatic heterocycles. The second-order valence-electron chi connectivity index (χ2n) is 6.40. The van der Waals surface area contributed by atoms with E-state index in [9.17, 15) is 5.26 Å². The lowest BCUT2D eigenvalue weighted by Gasteiger charge is -2.11. The lowest BCUT2D eigenvalue weighted by molar-refractivity contribution is 0.242. The molecular formula is C21H18N2O2S. The Bertz CT molecular complexity index is 1000. The molecule has 3 aromatic rings. The number of fused-ring (bicyclic) bond motifs is 1. The van der Waals surface area contributed by atoms with Crippen LogP contribution < -0.4 is 9.47 Å². The SMILES string of the molecule is CC(C)Oc1ccc(-c2ncc(-c3cccc4c3CCO4)s2)cc1C#N. The number of benzene rings is 2. The van der Waals surface area contributed by atoms with E-state index in [1.807, 2.05) is 50.4 Å². The first kappa shape index (κ1) is 16.6. The number of ether oxygens (including phenoxy) is 2. The Morgan fingerprint density at radius 1 is 1.27 bits per heavy atom. The second kappa shape index (κ2) is 6.81. The van der Waals surface area contributed by atoms with Gasteiger partial charge in [-0.05, 0) is 38.1 Å². The number of aromatic nitrogens is 1. The summed E-state index contributed by atoms with van der Waals surface area (Å²) >= 11 is 1.63. The summed E-state index contributed by atoms with van der Waals surface area (Å²) in [6.45, 7) is 4.63. The summed E-state index contributed by atoms with van der Waals surface area (Å²) in [5, 5.41) is 10.3. The van der Waals surface area contributed by atoms with Gasteiger partial charge in [0.25, 0.3) is 0 Å². The van der Waals surface area contributed by atoms with Crippen molar-refractivity contribution in [1.29, 1.82) is 5.26 Å². The predicted molar refractivity (Wildman–Crippen MR) is 103 cm³/mol. The molecule has 2 aromatic carbocycles. The number of nitriles is 1. The number of hydrogen-bond acceptors (Lipinski definition) is 5.